The molecule has 104 valence electrons. The van der Waals surface area contributed by atoms with Gasteiger partial charge in [-0.1, -0.05) is 61.2 Å². The van der Waals surface area contributed by atoms with E-state index in [1.165, 1.54) is 11.1 Å². The molecule has 2 heteroatoms. The maximum atomic E-state index is 5.64. The van der Waals surface area contributed by atoms with Crippen molar-refractivity contribution in [2.75, 3.05) is 13.2 Å². The Hall–Kier alpha value is -2.06. The normalized spacial score (nSPS) is 10.2. The van der Waals surface area contributed by atoms with E-state index < -0.39 is 0 Å². The second-order valence-corrected chi connectivity index (χ2v) is 4.62. The Balaban J connectivity index is 1.80. The lowest BCUT2D eigenvalue weighted by Crippen LogP contribution is -2.17. The molecule has 0 heterocycles. The Kier molecular flexibility index (Phi) is 5.87. The van der Waals surface area contributed by atoms with Crippen LogP contribution in [0.3, 0.4) is 0 Å². The van der Waals surface area contributed by atoms with Gasteiger partial charge in [0, 0.05) is 12.1 Å². The van der Waals surface area contributed by atoms with E-state index in [1.54, 1.807) is 6.08 Å². The van der Waals surface area contributed by atoms with Crippen LogP contribution in [0.25, 0.3) is 0 Å². The van der Waals surface area contributed by atoms with Crippen LogP contribution in [0.15, 0.2) is 67.3 Å². The Morgan fingerprint density at radius 3 is 2.55 bits per heavy atom. The summed E-state index contributed by atoms with van der Waals surface area (Å²) in [5.41, 5.74) is 2.54. The molecule has 2 rings (SSSR count). The van der Waals surface area contributed by atoms with Crippen molar-refractivity contribution in [2.45, 2.75) is 13.0 Å². The van der Waals surface area contributed by atoms with E-state index in [0.717, 1.165) is 25.3 Å². The smallest absolute Gasteiger partial charge is 0.124 e. The molecule has 1 N–H and O–H groups in total. The fourth-order valence-electron chi connectivity index (χ4n) is 2.04. The lowest BCUT2D eigenvalue weighted by Gasteiger charge is -2.11. The molecule has 0 aliphatic heterocycles. The molecular formula is C18H21NO. The number of ether oxygens (including phenoxy) is 1. The number of para-hydroxylation sites is 1. The van der Waals surface area contributed by atoms with Gasteiger partial charge in [-0.3, -0.25) is 0 Å². The van der Waals surface area contributed by atoms with Crippen molar-refractivity contribution in [1.82, 2.24) is 5.32 Å². The Bertz CT molecular complexity index is 522. The summed E-state index contributed by atoms with van der Waals surface area (Å²) in [5.74, 6) is 0.930. The van der Waals surface area contributed by atoms with Crippen LogP contribution in [-0.4, -0.2) is 13.2 Å². The number of benzene rings is 2. The summed E-state index contributed by atoms with van der Waals surface area (Å²) < 4.78 is 5.64. The van der Waals surface area contributed by atoms with Gasteiger partial charge >= 0.3 is 0 Å². The molecule has 0 aliphatic rings. The zero-order chi connectivity index (χ0) is 14.0. The molecule has 2 aromatic rings. The Morgan fingerprint density at radius 2 is 1.75 bits per heavy atom. The zero-order valence-corrected chi connectivity index (χ0v) is 11.7. The molecule has 20 heavy (non-hydrogen) atoms. The van der Waals surface area contributed by atoms with Gasteiger partial charge in [0.2, 0.25) is 0 Å². The molecule has 0 aliphatic carbocycles. The van der Waals surface area contributed by atoms with Crippen molar-refractivity contribution in [3.63, 3.8) is 0 Å². The third kappa shape index (κ3) is 4.56. The summed E-state index contributed by atoms with van der Waals surface area (Å²) in [7, 11) is 0. The lowest BCUT2D eigenvalue weighted by atomic mass is 10.1. The first-order valence-electron chi connectivity index (χ1n) is 6.96. The highest BCUT2D eigenvalue weighted by atomic mass is 16.5. The molecule has 2 aromatic carbocycles. The van der Waals surface area contributed by atoms with Crippen molar-refractivity contribution in [2.24, 2.45) is 0 Å². The summed E-state index contributed by atoms with van der Waals surface area (Å²) in [6, 6.07) is 18.6. The maximum Gasteiger partial charge on any atom is 0.124 e. The van der Waals surface area contributed by atoms with Gasteiger partial charge in [0.25, 0.3) is 0 Å². The number of nitrogens with one attached hydrogen (secondary N) is 1. The highest BCUT2D eigenvalue weighted by Gasteiger charge is 2.01. The van der Waals surface area contributed by atoms with Gasteiger partial charge in [-0.15, -0.1) is 0 Å². The first kappa shape index (κ1) is 14.4. The van der Waals surface area contributed by atoms with Gasteiger partial charge in [-0.25, -0.2) is 0 Å². The SMILES string of the molecule is C=CCOc1ccccc1CNCCc1ccccc1. The van der Waals surface area contributed by atoms with Crippen molar-refractivity contribution < 1.29 is 4.74 Å². The number of hydrogen-bond acceptors (Lipinski definition) is 2. The third-order valence-corrected chi connectivity index (χ3v) is 3.08. The topological polar surface area (TPSA) is 21.3 Å². The number of hydrogen-bond donors (Lipinski definition) is 1. The maximum absolute atomic E-state index is 5.64. The first-order chi connectivity index (χ1) is 9.90. The minimum Gasteiger partial charge on any atom is -0.489 e. The van der Waals surface area contributed by atoms with Crippen LogP contribution in [-0.2, 0) is 13.0 Å². The van der Waals surface area contributed by atoms with Crippen molar-refractivity contribution in [3.8, 4) is 5.75 Å². The quantitative estimate of drug-likeness (QED) is 0.583. The van der Waals surface area contributed by atoms with Crippen LogP contribution in [0.1, 0.15) is 11.1 Å². The van der Waals surface area contributed by atoms with E-state index in [2.05, 4.69) is 42.2 Å². The number of rotatable bonds is 8. The summed E-state index contributed by atoms with van der Waals surface area (Å²) in [6.07, 6.45) is 2.80. The highest BCUT2D eigenvalue weighted by Crippen LogP contribution is 2.17. The van der Waals surface area contributed by atoms with Gasteiger partial charge < -0.3 is 10.1 Å². The molecule has 0 spiro atoms. The van der Waals surface area contributed by atoms with E-state index in [-0.39, 0.29) is 0 Å². The largest absolute Gasteiger partial charge is 0.489 e. The van der Waals surface area contributed by atoms with Gasteiger partial charge in [-0.2, -0.15) is 0 Å². The zero-order valence-electron chi connectivity index (χ0n) is 11.7. The van der Waals surface area contributed by atoms with Crippen molar-refractivity contribution >= 4 is 0 Å². The Morgan fingerprint density at radius 1 is 1.00 bits per heavy atom. The van der Waals surface area contributed by atoms with E-state index >= 15 is 0 Å². The molecule has 0 aromatic heterocycles. The van der Waals surface area contributed by atoms with E-state index in [1.807, 2.05) is 24.3 Å². The van der Waals surface area contributed by atoms with Crippen molar-refractivity contribution in [3.05, 3.63) is 78.4 Å². The van der Waals surface area contributed by atoms with Gasteiger partial charge in [-0.05, 0) is 24.6 Å². The van der Waals surface area contributed by atoms with E-state index in [0.29, 0.717) is 6.61 Å². The van der Waals surface area contributed by atoms with E-state index in [4.69, 9.17) is 4.74 Å². The molecule has 0 bridgehead atoms. The molecule has 0 unspecified atom stereocenters. The minimum absolute atomic E-state index is 0.543. The monoisotopic (exact) mass is 267 g/mol. The lowest BCUT2D eigenvalue weighted by molar-refractivity contribution is 0.358. The minimum atomic E-state index is 0.543. The molecular weight excluding hydrogens is 246 g/mol. The van der Waals surface area contributed by atoms with Crippen LogP contribution in [0.4, 0.5) is 0 Å². The van der Waals surface area contributed by atoms with Crippen LogP contribution < -0.4 is 10.1 Å². The van der Waals surface area contributed by atoms with Crippen LogP contribution in [0, 0.1) is 0 Å². The molecule has 2 nitrogen and oxygen atoms in total. The molecule has 0 atom stereocenters. The predicted octanol–water partition coefficient (Wildman–Crippen LogP) is 3.58. The standard InChI is InChI=1S/C18H21NO/c1-2-14-20-18-11-7-6-10-17(18)15-19-13-12-16-8-4-3-5-9-16/h2-11,19H,1,12-15H2. The van der Waals surface area contributed by atoms with Crippen molar-refractivity contribution in [1.29, 1.82) is 0 Å². The second kappa shape index (κ2) is 8.18. The van der Waals surface area contributed by atoms with Crippen LogP contribution in [0.2, 0.25) is 0 Å². The van der Waals surface area contributed by atoms with Crippen LogP contribution >= 0.6 is 0 Å². The van der Waals surface area contributed by atoms with E-state index in [9.17, 15) is 0 Å². The summed E-state index contributed by atoms with van der Waals surface area (Å²) in [4.78, 5) is 0. The first-order valence-corrected chi connectivity index (χ1v) is 6.96. The highest BCUT2D eigenvalue weighted by molar-refractivity contribution is 5.33. The summed E-state index contributed by atoms with van der Waals surface area (Å²) in [5, 5.41) is 3.46. The third-order valence-electron chi connectivity index (χ3n) is 3.08. The molecule has 0 fully saturated rings. The molecule has 0 radical (unpaired) electrons. The fraction of sp³-hybridized carbons (Fsp3) is 0.222. The average Bonchev–Trinajstić information content (AvgIpc) is 2.51. The summed E-state index contributed by atoms with van der Waals surface area (Å²) >= 11 is 0. The second-order valence-electron chi connectivity index (χ2n) is 4.62. The predicted molar refractivity (Wildman–Crippen MR) is 84.0 cm³/mol. The van der Waals surface area contributed by atoms with Crippen LogP contribution in [0.5, 0.6) is 5.75 Å². The molecule has 0 amide bonds. The average molecular weight is 267 g/mol. The summed E-state index contributed by atoms with van der Waals surface area (Å²) in [6.45, 7) is 5.99. The van der Waals surface area contributed by atoms with Gasteiger partial charge in [0.15, 0.2) is 0 Å². The molecule has 0 saturated carbocycles. The van der Waals surface area contributed by atoms with Gasteiger partial charge in [0.1, 0.15) is 12.4 Å². The Labute approximate surface area is 121 Å². The molecule has 0 saturated heterocycles. The van der Waals surface area contributed by atoms with Gasteiger partial charge in [0.05, 0.1) is 0 Å². The fourth-order valence-corrected chi connectivity index (χ4v) is 2.04.